The van der Waals surface area contributed by atoms with E-state index in [0.717, 1.165) is 44.2 Å². The molecule has 1 aromatic carbocycles. The average molecular weight is 426 g/mol. The van der Waals surface area contributed by atoms with Crippen LogP contribution in [0.3, 0.4) is 0 Å². The third-order valence-corrected chi connectivity index (χ3v) is 5.98. The van der Waals surface area contributed by atoms with Gasteiger partial charge in [-0.2, -0.15) is 13.2 Å². The number of likely N-dealkylation sites (N-methyl/N-ethyl adjacent to an activating group) is 1. The van der Waals surface area contributed by atoms with Gasteiger partial charge in [0.15, 0.2) is 0 Å². The molecule has 0 N–H and O–H groups in total. The lowest BCUT2D eigenvalue weighted by molar-refractivity contribution is -0.902. The van der Waals surface area contributed by atoms with Gasteiger partial charge < -0.3 is 14.0 Å². The van der Waals surface area contributed by atoms with Crippen molar-refractivity contribution in [1.29, 1.82) is 0 Å². The van der Waals surface area contributed by atoms with E-state index in [-0.39, 0.29) is 18.2 Å². The lowest BCUT2D eigenvalue weighted by atomic mass is 9.95. The van der Waals surface area contributed by atoms with E-state index < -0.39 is 24.2 Å². The molecule has 30 heavy (non-hydrogen) atoms. The van der Waals surface area contributed by atoms with Crippen molar-refractivity contribution in [1.82, 2.24) is 0 Å². The standard InChI is InChI=1S/C22H27F3NO4/c1-26(2)13-7-10-16(26)14-29-20(27)19(30-21(28)22(23,24)25)18-12-6-5-11-17(18)15-8-3-4-9-15/h5-6,8,11-12,16,19H,3-4,7,9-10,13-14H2,1-2H3/q+1/t16-,19?/m1/s1. The van der Waals surface area contributed by atoms with Crippen molar-refractivity contribution in [3.63, 3.8) is 0 Å². The molecule has 1 aliphatic carbocycles. The van der Waals surface area contributed by atoms with Gasteiger partial charge in [-0.15, -0.1) is 0 Å². The van der Waals surface area contributed by atoms with Crippen molar-refractivity contribution in [2.75, 3.05) is 27.2 Å². The number of carbonyl (C=O) groups excluding carboxylic acids is 2. The number of likely N-dealkylation sites (tertiary alicyclic amines) is 1. The summed E-state index contributed by atoms with van der Waals surface area (Å²) in [7, 11) is 4.04. The van der Waals surface area contributed by atoms with Crippen LogP contribution in [0.2, 0.25) is 0 Å². The Morgan fingerprint density at radius 1 is 1.20 bits per heavy atom. The highest BCUT2D eigenvalue weighted by atomic mass is 19.4. The van der Waals surface area contributed by atoms with Crippen LogP contribution in [0.1, 0.15) is 49.3 Å². The highest BCUT2D eigenvalue weighted by Gasteiger charge is 2.45. The van der Waals surface area contributed by atoms with Crippen LogP contribution < -0.4 is 0 Å². The van der Waals surface area contributed by atoms with E-state index >= 15 is 0 Å². The van der Waals surface area contributed by atoms with Gasteiger partial charge >= 0.3 is 18.1 Å². The molecule has 3 rings (SSSR count). The summed E-state index contributed by atoms with van der Waals surface area (Å²) in [4.78, 5) is 24.4. The van der Waals surface area contributed by atoms with Crippen LogP contribution in [0.5, 0.6) is 0 Å². The molecule has 2 aliphatic rings. The number of halogens is 3. The van der Waals surface area contributed by atoms with E-state index in [1.54, 1.807) is 18.2 Å². The van der Waals surface area contributed by atoms with Crippen LogP contribution in [0, 0.1) is 0 Å². The first-order chi connectivity index (χ1) is 14.1. The maximum atomic E-state index is 12.9. The Balaban J connectivity index is 1.86. The molecule has 1 saturated heterocycles. The maximum absolute atomic E-state index is 12.9. The summed E-state index contributed by atoms with van der Waals surface area (Å²) in [6.07, 6.45) is -0.606. The monoisotopic (exact) mass is 426 g/mol. The molecule has 0 bridgehead atoms. The molecule has 1 aliphatic heterocycles. The molecular weight excluding hydrogens is 399 g/mol. The summed E-state index contributed by atoms with van der Waals surface area (Å²) >= 11 is 0. The Bertz CT molecular complexity index is 832. The van der Waals surface area contributed by atoms with Crippen molar-refractivity contribution >= 4 is 17.5 Å². The van der Waals surface area contributed by atoms with E-state index in [0.29, 0.717) is 10.0 Å². The van der Waals surface area contributed by atoms with Crippen LogP contribution in [0.4, 0.5) is 13.2 Å². The minimum absolute atomic E-state index is 0.0562. The first-order valence-electron chi connectivity index (χ1n) is 10.1. The van der Waals surface area contributed by atoms with E-state index in [1.807, 2.05) is 20.2 Å². The van der Waals surface area contributed by atoms with Crippen LogP contribution >= 0.6 is 0 Å². The van der Waals surface area contributed by atoms with Gasteiger partial charge in [-0.1, -0.05) is 30.3 Å². The Morgan fingerprint density at radius 2 is 1.93 bits per heavy atom. The summed E-state index contributed by atoms with van der Waals surface area (Å²) in [5, 5.41) is 0. The fourth-order valence-electron chi connectivity index (χ4n) is 4.15. The third kappa shape index (κ3) is 5.03. The highest BCUT2D eigenvalue weighted by molar-refractivity contribution is 5.85. The molecule has 164 valence electrons. The first kappa shape index (κ1) is 22.3. The second kappa shape index (κ2) is 8.79. The molecule has 0 aromatic heterocycles. The summed E-state index contributed by atoms with van der Waals surface area (Å²) in [6, 6.07) is 6.64. The molecule has 0 radical (unpaired) electrons. The molecule has 1 fully saturated rings. The van der Waals surface area contributed by atoms with E-state index in [4.69, 9.17) is 4.74 Å². The molecule has 0 saturated carbocycles. The predicted octanol–water partition coefficient (Wildman–Crippen LogP) is 4.18. The topological polar surface area (TPSA) is 52.6 Å². The number of hydrogen-bond donors (Lipinski definition) is 0. The van der Waals surface area contributed by atoms with E-state index in [9.17, 15) is 22.8 Å². The van der Waals surface area contributed by atoms with E-state index in [2.05, 4.69) is 4.74 Å². The Kier molecular flexibility index (Phi) is 6.55. The number of quaternary nitrogens is 1. The molecule has 2 atom stereocenters. The Labute approximate surface area is 174 Å². The smallest absolute Gasteiger partial charge is 0.456 e. The number of carbonyl (C=O) groups is 2. The second-order valence-electron chi connectivity index (χ2n) is 8.42. The van der Waals surface area contributed by atoms with Gasteiger partial charge in [0.05, 0.1) is 20.6 Å². The number of allylic oxidation sites excluding steroid dienone is 2. The summed E-state index contributed by atoms with van der Waals surface area (Å²) in [5.74, 6) is -3.39. The number of ether oxygens (including phenoxy) is 2. The van der Waals surface area contributed by atoms with Crippen LogP contribution in [-0.2, 0) is 19.1 Å². The highest BCUT2D eigenvalue weighted by Crippen LogP contribution is 2.35. The van der Waals surface area contributed by atoms with Crippen LogP contribution in [-0.4, -0.2) is 55.9 Å². The van der Waals surface area contributed by atoms with Gasteiger partial charge in [0.2, 0.25) is 6.10 Å². The number of alkyl halides is 3. The van der Waals surface area contributed by atoms with Gasteiger partial charge in [0.1, 0.15) is 12.6 Å². The fraction of sp³-hybridized carbons (Fsp3) is 0.545. The second-order valence-corrected chi connectivity index (χ2v) is 8.42. The Morgan fingerprint density at radius 3 is 2.53 bits per heavy atom. The molecule has 1 unspecified atom stereocenters. The largest absolute Gasteiger partial charge is 0.490 e. The number of esters is 2. The zero-order valence-corrected chi connectivity index (χ0v) is 17.2. The van der Waals surface area contributed by atoms with E-state index in [1.165, 1.54) is 6.07 Å². The molecule has 0 spiro atoms. The number of benzene rings is 1. The zero-order valence-electron chi connectivity index (χ0n) is 17.2. The number of nitrogens with zero attached hydrogens (tertiary/aromatic N) is 1. The summed E-state index contributed by atoms with van der Waals surface area (Å²) < 4.78 is 49.4. The summed E-state index contributed by atoms with van der Waals surface area (Å²) in [5.41, 5.74) is 1.76. The normalized spacial score (nSPS) is 21.8. The van der Waals surface area contributed by atoms with Crippen LogP contribution in [0.15, 0.2) is 30.3 Å². The van der Waals surface area contributed by atoms with Crippen LogP contribution in [0.25, 0.3) is 5.57 Å². The maximum Gasteiger partial charge on any atom is 0.490 e. The number of rotatable bonds is 6. The molecule has 1 heterocycles. The van der Waals surface area contributed by atoms with Gasteiger partial charge in [0, 0.05) is 18.4 Å². The lowest BCUT2D eigenvalue weighted by Crippen LogP contribution is -2.46. The van der Waals surface area contributed by atoms with Crippen molar-refractivity contribution in [2.45, 2.75) is 50.4 Å². The minimum Gasteiger partial charge on any atom is -0.456 e. The molecule has 1 aromatic rings. The van der Waals surface area contributed by atoms with Crippen molar-refractivity contribution in [3.05, 3.63) is 41.5 Å². The van der Waals surface area contributed by atoms with Gasteiger partial charge in [-0.3, -0.25) is 0 Å². The van der Waals surface area contributed by atoms with Gasteiger partial charge in [-0.25, -0.2) is 9.59 Å². The first-order valence-corrected chi connectivity index (χ1v) is 10.1. The summed E-state index contributed by atoms with van der Waals surface area (Å²) in [6.45, 7) is 1.00. The predicted molar refractivity (Wildman–Crippen MR) is 104 cm³/mol. The lowest BCUT2D eigenvalue weighted by Gasteiger charge is -2.31. The molecule has 8 heteroatoms. The van der Waals surface area contributed by atoms with Gasteiger partial charge in [-0.05, 0) is 30.4 Å². The van der Waals surface area contributed by atoms with Gasteiger partial charge in [0.25, 0.3) is 0 Å². The average Bonchev–Trinajstić information content (AvgIpc) is 3.32. The number of hydrogen-bond acceptors (Lipinski definition) is 4. The quantitative estimate of drug-likeness (QED) is 0.506. The molecular formula is C22H27F3NO4+. The molecule has 5 nitrogen and oxygen atoms in total. The zero-order chi connectivity index (χ0) is 21.9. The van der Waals surface area contributed by atoms with Crippen molar-refractivity contribution < 1.29 is 36.7 Å². The minimum atomic E-state index is -5.20. The Hall–Kier alpha value is -2.35. The van der Waals surface area contributed by atoms with Crippen molar-refractivity contribution in [2.24, 2.45) is 0 Å². The third-order valence-electron chi connectivity index (χ3n) is 5.98. The fourth-order valence-corrected chi connectivity index (χ4v) is 4.15. The van der Waals surface area contributed by atoms with Crippen molar-refractivity contribution in [3.8, 4) is 0 Å². The molecule has 0 amide bonds. The SMILES string of the molecule is C[N+]1(C)CCC[C@@H]1COC(=O)C(OC(=O)C(F)(F)F)c1ccccc1C1=CCCC1.